The first-order valence-corrected chi connectivity index (χ1v) is 7.01. The lowest BCUT2D eigenvalue weighted by Crippen LogP contribution is -2.27. The quantitative estimate of drug-likeness (QED) is 0.571. The number of carbonyl (C=O) groups is 2. The van der Waals surface area contributed by atoms with Crippen molar-refractivity contribution in [3.8, 4) is 0 Å². The third-order valence-corrected chi connectivity index (χ3v) is 3.30. The molecule has 0 saturated carbocycles. The Morgan fingerprint density at radius 1 is 1.35 bits per heavy atom. The minimum atomic E-state index is -0.851. The molecule has 0 saturated heterocycles. The van der Waals surface area contributed by atoms with Crippen molar-refractivity contribution in [3.05, 3.63) is 34.6 Å². The number of ether oxygens (including phenoxy) is 1. The summed E-state index contributed by atoms with van der Waals surface area (Å²) in [5.41, 5.74) is 0.129. The van der Waals surface area contributed by atoms with Crippen molar-refractivity contribution in [3.63, 3.8) is 0 Å². The van der Waals surface area contributed by atoms with Gasteiger partial charge in [0.15, 0.2) is 5.78 Å². The minimum absolute atomic E-state index is 0.129. The summed E-state index contributed by atoms with van der Waals surface area (Å²) in [6.07, 6.45) is 0.860. The average molecular weight is 301 g/mol. The zero-order valence-corrected chi connectivity index (χ0v) is 12.4. The van der Waals surface area contributed by atoms with E-state index in [4.69, 9.17) is 16.3 Å². The SMILES string of the molecule is CCCC(C(=O)Cc1c(F)cccc1Cl)C(=O)OCC. The number of halogens is 2. The van der Waals surface area contributed by atoms with E-state index in [9.17, 15) is 14.0 Å². The largest absolute Gasteiger partial charge is 0.465 e. The third kappa shape index (κ3) is 4.30. The molecule has 0 amide bonds. The maximum absolute atomic E-state index is 13.7. The standard InChI is InChI=1S/C15H18ClFO3/c1-3-6-10(15(19)20-4-2)14(18)9-11-12(16)7-5-8-13(11)17/h5,7-8,10H,3-4,6,9H2,1-2H3. The molecule has 0 heterocycles. The van der Waals surface area contributed by atoms with Crippen LogP contribution in [0.1, 0.15) is 32.3 Å². The number of esters is 1. The van der Waals surface area contributed by atoms with Crippen LogP contribution >= 0.6 is 11.6 Å². The van der Waals surface area contributed by atoms with Crippen molar-refractivity contribution in [1.29, 1.82) is 0 Å². The van der Waals surface area contributed by atoms with E-state index in [1.807, 2.05) is 6.92 Å². The second-order valence-corrected chi connectivity index (χ2v) is 4.84. The molecular formula is C15H18ClFO3. The summed E-state index contributed by atoms with van der Waals surface area (Å²) in [7, 11) is 0. The maximum atomic E-state index is 13.7. The first-order chi connectivity index (χ1) is 9.51. The topological polar surface area (TPSA) is 43.4 Å². The van der Waals surface area contributed by atoms with Crippen LogP contribution in [0.2, 0.25) is 5.02 Å². The molecule has 0 spiro atoms. The summed E-state index contributed by atoms with van der Waals surface area (Å²) in [6.45, 7) is 3.77. The second kappa shape index (κ2) is 8.00. The first-order valence-electron chi connectivity index (χ1n) is 6.63. The van der Waals surface area contributed by atoms with Gasteiger partial charge in [0, 0.05) is 17.0 Å². The fraction of sp³-hybridized carbons (Fsp3) is 0.467. The molecule has 3 nitrogen and oxygen atoms in total. The number of carbonyl (C=O) groups excluding carboxylic acids is 2. The Bertz CT molecular complexity index is 468. The van der Waals surface area contributed by atoms with Gasteiger partial charge in [-0.2, -0.15) is 0 Å². The van der Waals surface area contributed by atoms with Crippen LogP contribution in [0, 0.1) is 11.7 Å². The molecule has 0 bridgehead atoms. The Kier molecular flexibility index (Phi) is 6.65. The van der Waals surface area contributed by atoms with Gasteiger partial charge in [0.05, 0.1) is 6.61 Å². The number of hydrogen-bond donors (Lipinski definition) is 0. The van der Waals surface area contributed by atoms with Crippen molar-refractivity contribution in [2.45, 2.75) is 33.1 Å². The van der Waals surface area contributed by atoms with Gasteiger partial charge in [0.2, 0.25) is 0 Å². The van der Waals surface area contributed by atoms with E-state index in [1.165, 1.54) is 18.2 Å². The monoisotopic (exact) mass is 300 g/mol. The highest BCUT2D eigenvalue weighted by atomic mass is 35.5. The van der Waals surface area contributed by atoms with E-state index in [0.29, 0.717) is 12.8 Å². The van der Waals surface area contributed by atoms with Crippen LogP contribution in [0.4, 0.5) is 4.39 Å². The lowest BCUT2D eigenvalue weighted by molar-refractivity contribution is -0.151. The third-order valence-electron chi connectivity index (χ3n) is 2.95. The van der Waals surface area contributed by atoms with Gasteiger partial charge >= 0.3 is 5.97 Å². The molecule has 0 aromatic heterocycles. The molecule has 0 aliphatic heterocycles. The van der Waals surface area contributed by atoms with Crippen LogP contribution in [0.15, 0.2) is 18.2 Å². The van der Waals surface area contributed by atoms with Crippen LogP contribution in [-0.2, 0) is 20.7 Å². The van der Waals surface area contributed by atoms with Gasteiger partial charge in [-0.3, -0.25) is 9.59 Å². The molecule has 1 aromatic rings. The van der Waals surface area contributed by atoms with Gasteiger partial charge in [-0.25, -0.2) is 4.39 Å². The zero-order chi connectivity index (χ0) is 15.1. The second-order valence-electron chi connectivity index (χ2n) is 4.44. The number of ketones is 1. The molecular weight excluding hydrogens is 283 g/mol. The molecule has 0 fully saturated rings. The number of Topliss-reactive ketones (excluding diaryl/α,β-unsaturated/α-hetero) is 1. The Morgan fingerprint density at radius 3 is 2.60 bits per heavy atom. The predicted molar refractivity (Wildman–Crippen MR) is 75.2 cm³/mol. The van der Waals surface area contributed by atoms with Crippen molar-refractivity contribution in [1.82, 2.24) is 0 Å². The summed E-state index contributed by atoms with van der Waals surface area (Å²) in [5, 5.41) is 0.192. The van der Waals surface area contributed by atoms with E-state index >= 15 is 0 Å². The predicted octanol–water partition coefficient (Wildman–Crippen LogP) is 3.57. The van der Waals surface area contributed by atoms with Crippen molar-refractivity contribution < 1.29 is 18.7 Å². The van der Waals surface area contributed by atoms with Gasteiger partial charge in [0.1, 0.15) is 11.7 Å². The Balaban J connectivity index is 2.88. The van der Waals surface area contributed by atoms with E-state index in [1.54, 1.807) is 6.92 Å². The Hall–Kier alpha value is -1.42. The van der Waals surface area contributed by atoms with Gasteiger partial charge in [-0.05, 0) is 25.5 Å². The molecule has 0 aliphatic carbocycles. The van der Waals surface area contributed by atoms with Gasteiger partial charge in [-0.1, -0.05) is 31.0 Å². The van der Waals surface area contributed by atoms with Crippen molar-refractivity contribution >= 4 is 23.4 Å². The highest BCUT2D eigenvalue weighted by molar-refractivity contribution is 6.31. The summed E-state index contributed by atoms with van der Waals surface area (Å²) < 4.78 is 18.5. The van der Waals surface area contributed by atoms with E-state index in [0.717, 1.165) is 0 Å². The Labute approximate surface area is 123 Å². The summed E-state index contributed by atoms with van der Waals surface area (Å²) in [5.74, 6) is -2.30. The number of benzene rings is 1. The fourth-order valence-electron chi connectivity index (χ4n) is 1.94. The molecule has 1 aromatic carbocycles. The van der Waals surface area contributed by atoms with Crippen LogP contribution in [0.5, 0.6) is 0 Å². The average Bonchev–Trinajstić information content (AvgIpc) is 2.40. The highest BCUT2D eigenvalue weighted by Crippen LogP contribution is 2.22. The zero-order valence-electron chi connectivity index (χ0n) is 11.6. The van der Waals surface area contributed by atoms with Crippen LogP contribution in [-0.4, -0.2) is 18.4 Å². The molecule has 1 unspecified atom stereocenters. The van der Waals surface area contributed by atoms with Crippen molar-refractivity contribution in [2.75, 3.05) is 6.61 Å². The molecule has 1 rings (SSSR count). The summed E-state index contributed by atoms with van der Waals surface area (Å²) in [6, 6.07) is 4.24. The maximum Gasteiger partial charge on any atom is 0.316 e. The van der Waals surface area contributed by atoms with E-state index < -0.39 is 17.7 Å². The highest BCUT2D eigenvalue weighted by Gasteiger charge is 2.28. The molecule has 0 N–H and O–H groups in total. The summed E-state index contributed by atoms with van der Waals surface area (Å²) in [4.78, 5) is 24.0. The smallest absolute Gasteiger partial charge is 0.316 e. The number of rotatable bonds is 7. The van der Waals surface area contributed by atoms with Crippen LogP contribution in [0.25, 0.3) is 0 Å². The fourth-order valence-corrected chi connectivity index (χ4v) is 2.17. The molecule has 0 radical (unpaired) electrons. The van der Waals surface area contributed by atoms with Crippen LogP contribution in [0.3, 0.4) is 0 Å². The Morgan fingerprint density at radius 2 is 2.05 bits per heavy atom. The molecule has 20 heavy (non-hydrogen) atoms. The first kappa shape index (κ1) is 16.6. The van der Waals surface area contributed by atoms with E-state index in [-0.39, 0.29) is 29.4 Å². The normalized spacial score (nSPS) is 12.0. The number of hydrogen-bond acceptors (Lipinski definition) is 3. The van der Waals surface area contributed by atoms with E-state index in [2.05, 4.69) is 0 Å². The molecule has 110 valence electrons. The van der Waals surface area contributed by atoms with Crippen LogP contribution < -0.4 is 0 Å². The lowest BCUT2D eigenvalue weighted by atomic mass is 9.93. The van der Waals surface area contributed by atoms with Gasteiger partial charge in [-0.15, -0.1) is 0 Å². The molecule has 5 heteroatoms. The molecule has 0 aliphatic rings. The lowest BCUT2D eigenvalue weighted by Gasteiger charge is -2.14. The molecule has 1 atom stereocenters. The van der Waals surface area contributed by atoms with Crippen molar-refractivity contribution in [2.24, 2.45) is 5.92 Å². The minimum Gasteiger partial charge on any atom is -0.465 e. The summed E-state index contributed by atoms with van der Waals surface area (Å²) >= 11 is 5.89. The van der Waals surface area contributed by atoms with Gasteiger partial charge in [0.25, 0.3) is 0 Å². The van der Waals surface area contributed by atoms with Gasteiger partial charge < -0.3 is 4.74 Å².